The third-order valence-corrected chi connectivity index (χ3v) is 5.78. The zero-order valence-electron chi connectivity index (χ0n) is 12.4. The summed E-state index contributed by atoms with van der Waals surface area (Å²) in [4.78, 5) is 0.365. The highest BCUT2D eigenvalue weighted by atomic mass is 32.2. The van der Waals surface area contributed by atoms with Gasteiger partial charge in [0.25, 0.3) is 0 Å². The van der Waals surface area contributed by atoms with Gasteiger partial charge in [-0.2, -0.15) is 0 Å². The van der Waals surface area contributed by atoms with Gasteiger partial charge in [-0.1, -0.05) is 44.7 Å². The lowest BCUT2D eigenvalue weighted by atomic mass is 9.73. The first-order chi connectivity index (χ1) is 9.43. The summed E-state index contributed by atoms with van der Waals surface area (Å²) in [6, 6.07) is 7.13. The van der Waals surface area contributed by atoms with Crippen LogP contribution in [0.5, 0.6) is 0 Å². The summed E-state index contributed by atoms with van der Waals surface area (Å²) in [5.41, 5.74) is 7.50. The maximum Gasteiger partial charge on any atom is 0.175 e. The van der Waals surface area contributed by atoms with Crippen LogP contribution in [0.25, 0.3) is 0 Å². The lowest BCUT2D eigenvalue weighted by Crippen LogP contribution is -2.30. The predicted octanol–water partition coefficient (Wildman–Crippen LogP) is 3.31. The molecule has 0 spiro atoms. The summed E-state index contributed by atoms with van der Waals surface area (Å²) in [6.45, 7) is 2.24. The summed E-state index contributed by atoms with van der Waals surface area (Å²) < 4.78 is 23.0. The van der Waals surface area contributed by atoms with Crippen molar-refractivity contribution in [1.29, 1.82) is 0 Å². The molecule has 0 radical (unpaired) electrons. The van der Waals surface area contributed by atoms with Gasteiger partial charge >= 0.3 is 0 Å². The van der Waals surface area contributed by atoms with E-state index in [-0.39, 0.29) is 6.04 Å². The van der Waals surface area contributed by atoms with Gasteiger partial charge in [0.05, 0.1) is 4.90 Å². The van der Waals surface area contributed by atoms with Crippen LogP contribution in [0.4, 0.5) is 0 Å². The van der Waals surface area contributed by atoms with Gasteiger partial charge < -0.3 is 5.73 Å². The topological polar surface area (TPSA) is 60.2 Å². The molecule has 2 N–H and O–H groups in total. The lowest BCUT2D eigenvalue weighted by molar-refractivity contribution is 0.196. The maximum atomic E-state index is 11.5. The minimum atomic E-state index is -3.13. The normalized spacial score (nSPS) is 25.4. The Kier molecular flexibility index (Phi) is 4.86. The van der Waals surface area contributed by atoms with Crippen molar-refractivity contribution in [1.82, 2.24) is 0 Å². The Balaban J connectivity index is 2.18. The number of sulfone groups is 1. The van der Waals surface area contributed by atoms with E-state index in [0.717, 1.165) is 5.56 Å². The molecule has 0 heterocycles. The Bertz CT molecular complexity index is 536. The standard InChI is InChI=1S/C16H25NO2S/c1-3-12-6-4-5-7-15(12)16(17)13-8-10-14(11-9-13)20(2,18)19/h8-12,15-16H,3-7,17H2,1-2H3. The molecule has 0 aliphatic heterocycles. The third kappa shape index (κ3) is 3.41. The van der Waals surface area contributed by atoms with E-state index < -0.39 is 9.84 Å². The van der Waals surface area contributed by atoms with E-state index in [4.69, 9.17) is 5.73 Å². The zero-order chi connectivity index (χ0) is 14.8. The van der Waals surface area contributed by atoms with Crippen molar-refractivity contribution in [3.05, 3.63) is 29.8 Å². The van der Waals surface area contributed by atoms with Crippen LogP contribution < -0.4 is 5.73 Å². The van der Waals surface area contributed by atoms with Gasteiger partial charge in [-0.25, -0.2) is 8.42 Å². The Labute approximate surface area is 122 Å². The van der Waals surface area contributed by atoms with Crippen LogP contribution in [0, 0.1) is 11.8 Å². The first-order valence-electron chi connectivity index (χ1n) is 7.49. The van der Waals surface area contributed by atoms with Crippen LogP contribution in [0.15, 0.2) is 29.2 Å². The SMILES string of the molecule is CCC1CCCCC1C(N)c1ccc(S(C)(=O)=O)cc1. The fourth-order valence-electron chi connectivity index (χ4n) is 3.40. The number of benzene rings is 1. The van der Waals surface area contributed by atoms with Crippen LogP contribution in [-0.4, -0.2) is 14.7 Å². The van der Waals surface area contributed by atoms with Gasteiger partial charge in [-0.15, -0.1) is 0 Å². The molecule has 0 aromatic heterocycles. The smallest absolute Gasteiger partial charge is 0.175 e. The zero-order valence-corrected chi connectivity index (χ0v) is 13.2. The van der Waals surface area contributed by atoms with Crippen LogP contribution in [-0.2, 0) is 9.84 Å². The van der Waals surface area contributed by atoms with Gasteiger partial charge in [0.15, 0.2) is 9.84 Å². The molecule has 0 amide bonds. The molecule has 0 bridgehead atoms. The van der Waals surface area contributed by atoms with Crippen LogP contribution in [0.2, 0.25) is 0 Å². The molecule has 20 heavy (non-hydrogen) atoms. The molecule has 3 unspecified atom stereocenters. The highest BCUT2D eigenvalue weighted by molar-refractivity contribution is 7.90. The summed E-state index contributed by atoms with van der Waals surface area (Å²) >= 11 is 0. The quantitative estimate of drug-likeness (QED) is 0.927. The minimum Gasteiger partial charge on any atom is -0.324 e. The van der Waals surface area contributed by atoms with Gasteiger partial charge in [0.2, 0.25) is 0 Å². The highest BCUT2D eigenvalue weighted by Gasteiger charge is 2.29. The lowest BCUT2D eigenvalue weighted by Gasteiger charge is -2.35. The molecule has 1 aromatic carbocycles. The highest BCUT2D eigenvalue weighted by Crippen LogP contribution is 2.39. The van der Waals surface area contributed by atoms with Crippen molar-refractivity contribution in [2.45, 2.75) is 50.0 Å². The fourth-order valence-corrected chi connectivity index (χ4v) is 4.03. The van der Waals surface area contributed by atoms with E-state index in [2.05, 4.69) is 6.92 Å². The Morgan fingerprint density at radius 3 is 2.35 bits per heavy atom. The van der Waals surface area contributed by atoms with E-state index in [9.17, 15) is 8.42 Å². The molecule has 2 rings (SSSR count). The van der Waals surface area contributed by atoms with Crippen molar-refractivity contribution in [3.63, 3.8) is 0 Å². The van der Waals surface area contributed by atoms with E-state index in [1.807, 2.05) is 12.1 Å². The van der Waals surface area contributed by atoms with Crippen molar-refractivity contribution in [2.75, 3.05) is 6.26 Å². The first kappa shape index (κ1) is 15.5. The summed E-state index contributed by atoms with van der Waals surface area (Å²) in [5, 5.41) is 0. The van der Waals surface area contributed by atoms with Gasteiger partial charge in [0.1, 0.15) is 0 Å². The second-order valence-electron chi connectivity index (χ2n) is 5.98. The molecule has 1 aromatic rings. The molecule has 3 atom stereocenters. The summed E-state index contributed by atoms with van der Waals surface area (Å²) in [7, 11) is -3.13. The first-order valence-corrected chi connectivity index (χ1v) is 9.38. The van der Waals surface area contributed by atoms with E-state index in [1.165, 1.54) is 38.4 Å². The average molecular weight is 295 g/mol. The molecule has 1 saturated carbocycles. The molecule has 1 fully saturated rings. The monoisotopic (exact) mass is 295 g/mol. The number of nitrogens with two attached hydrogens (primary N) is 1. The van der Waals surface area contributed by atoms with Gasteiger partial charge in [-0.3, -0.25) is 0 Å². The Morgan fingerprint density at radius 1 is 1.20 bits per heavy atom. The Hall–Kier alpha value is -0.870. The van der Waals surface area contributed by atoms with E-state index in [0.29, 0.717) is 16.7 Å². The summed E-state index contributed by atoms with van der Waals surface area (Å²) in [5.74, 6) is 1.23. The van der Waals surface area contributed by atoms with Crippen LogP contribution >= 0.6 is 0 Å². The van der Waals surface area contributed by atoms with Crippen molar-refractivity contribution in [2.24, 2.45) is 17.6 Å². The third-order valence-electron chi connectivity index (χ3n) is 4.65. The molecule has 1 aliphatic carbocycles. The maximum absolute atomic E-state index is 11.5. The van der Waals surface area contributed by atoms with E-state index in [1.54, 1.807) is 12.1 Å². The number of hydrogen-bond acceptors (Lipinski definition) is 3. The molecule has 112 valence electrons. The van der Waals surface area contributed by atoms with Crippen LogP contribution in [0.1, 0.15) is 50.6 Å². The largest absolute Gasteiger partial charge is 0.324 e. The second-order valence-corrected chi connectivity index (χ2v) is 8.00. The molecular formula is C16H25NO2S. The van der Waals surface area contributed by atoms with Gasteiger partial charge in [-0.05, 0) is 36.0 Å². The number of rotatable bonds is 4. The molecule has 0 saturated heterocycles. The van der Waals surface area contributed by atoms with Crippen molar-refractivity contribution >= 4 is 9.84 Å². The number of hydrogen-bond donors (Lipinski definition) is 1. The molecule has 4 heteroatoms. The van der Waals surface area contributed by atoms with Crippen LogP contribution in [0.3, 0.4) is 0 Å². The predicted molar refractivity (Wildman–Crippen MR) is 82.2 cm³/mol. The molecule has 1 aliphatic rings. The molecule has 3 nitrogen and oxygen atoms in total. The minimum absolute atomic E-state index is 0.0221. The fraction of sp³-hybridized carbons (Fsp3) is 0.625. The van der Waals surface area contributed by atoms with Gasteiger partial charge in [0, 0.05) is 12.3 Å². The molecular weight excluding hydrogens is 270 g/mol. The average Bonchev–Trinajstić information content (AvgIpc) is 2.45. The van der Waals surface area contributed by atoms with Crippen molar-refractivity contribution in [3.8, 4) is 0 Å². The van der Waals surface area contributed by atoms with E-state index >= 15 is 0 Å². The second kappa shape index (κ2) is 6.27. The summed E-state index contributed by atoms with van der Waals surface area (Å²) in [6.07, 6.45) is 7.45. The Morgan fingerprint density at radius 2 is 1.80 bits per heavy atom. The van der Waals surface area contributed by atoms with Crippen molar-refractivity contribution < 1.29 is 8.42 Å².